The lowest BCUT2D eigenvalue weighted by Gasteiger charge is -2.46. The number of benzene rings is 2. The number of halogens is 2. The van der Waals surface area contributed by atoms with Crippen LogP contribution in [0.15, 0.2) is 59.1 Å². The highest BCUT2D eigenvalue weighted by Crippen LogP contribution is 2.41. The average molecular weight is 517 g/mol. The maximum atomic E-state index is 14.4. The van der Waals surface area contributed by atoms with Crippen molar-refractivity contribution in [1.29, 1.82) is 0 Å². The van der Waals surface area contributed by atoms with Crippen molar-refractivity contribution in [2.45, 2.75) is 50.9 Å². The highest BCUT2D eigenvalue weighted by Gasteiger charge is 2.36. The summed E-state index contributed by atoms with van der Waals surface area (Å²) >= 11 is 12.1. The predicted molar refractivity (Wildman–Crippen MR) is 137 cm³/mol. The van der Waals surface area contributed by atoms with Gasteiger partial charge in [-0.05, 0) is 34.8 Å². The summed E-state index contributed by atoms with van der Waals surface area (Å²) in [6.45, 7) is 2.45. The van der Waals surface area contributed by atoms with E-state index >= 15 is 0 Å². The maximum absolute atomic E-state index is 14.4. The maximum Gasteiger partial charge on any atom is 0.188 e. The Balaban J connectivity index is 1.40. The van der Waals surface area contributed by atoms with Gasteiger partial charge < -0.3 is 18.7 Å². The van der Waals surface area contributed by atoms with Gasteiger partial charge >= 0.3 is 0 Å². The van der Waals surface area contributed by atoms with Crippen LogP contribution in [0.2, 0.25) is 10.0 Å². The van der Waals surface area contributed by atoms with Crippen molar-refractivity contribution in [2.24, 2.45) is 5.92 Å². The van der Waals surface area contributed by atoms with E-state index in [2.05, 4.69) is 19.1 Å². The van der Waals surface area contributed by atoms with Gasteiger partial charge in [0.1, 0.15) is 13.1 Å². The van der Waals surface area contributed by atoms with E-state index in [0.717, 1.165) is 49.1 Å². The molecule has 5 nitrogen and oxygen atoms in total. The normalized spacial score (nSPS) is 16.8. The minimum absolute atomic E-state index is 0.0116. The van der Waals surface area contributed by atoms with Gasteiger partial charge in [-0.2, -0.15) is 0 Å². The van der Waals surface area contributed by atoms with Gasteiger partial charge in [-0.25, -0.2) is 4.98 Å². The average Bonchev–Trinajstić information content (AvgIpc) is 3.33. The molecule has 0 bridgehead atoms. The summed E-state index contributed by atoms with van der Waals surface area (Å²) in [7, 11) is 4.24. The van der Waals surface area contributed by atoms with E-state index in [4.69, 9.17) is 32.4 Å². The zero-order valence-corrected chi connectivity index (χ0v) is 22.0. The Bertz CT molecular complexity index is 1100. The number of quaternary nitrogens is 1. The van der Waals surface area contributed by atoms with Gasteiger partial charge in [-0.15, -0.1) is 0 Å². The fraction of sp³-hybridized carbons (Fsp3) is 0.464. The molecule has 1 fully saturated rings. The number of rotatable bonds is 10. The van der Waals surface area contributed by atoms with Crippen molar-refractivity contribution in [3.8, 4) is 0 Å². The molecule has 0 aliphatic heterocycles. The van der Waals surface area contributed by atoms with Crippen molar-refractivity contribution in [2.75, 3.05) is 27.2 Å². The molecule has 35 heavy (non-hydrogen) atoms. The van der Waals surface area contributed by atoms with E-state index in [1.807, 2.05) is 42.5 Å². The number of likely N-dealkylation sites (N-methyl/N-ethyl adjacent to an activating group) is 1. The SMILES string of the molecule is C[N+](C)(CCOCc1ccc(Cl)c(Cl)c1)Cc1cnc([C@]([O-])(c2ccccc2)C2CCCCC2)o1. The van der Waals surface area contributed by atoms with Crippen molar-refractivity contribution in [3.05, 3.63) is 87.6 Å². The molecule has 1 saturated carbocycles. The Morgan fingerprint density at radius 3 is 2.51 bits per heavy atom. The molecule has 188 valence electrons. The zero-order chi connectivity index (χ0) is 24.9. The van der Waals surface area contributed by atoms with Crippen molar-refractivity contribution < 1.29 is 18.7 Å². The Morgan fingerprint density at radius 2 is 1.80 bits per heavy atom. The fourth-order valence-electron chi connectivity index (χ4n) is 4.91. The third-order valence-corrected chi connectivity index (χ3v) is 7.67. The molecular weight excluding hydrogens is 483 g/mol. The Morgan fingerprint density at radius 1 is 1.06 bits per heavy atom. The lowest BCUT2D eigenvalue weighted by Crippen LogP contribution is -2.49. The molecule has 1 aromatic heterocycles. The van der Waals surface area contributed by atoms with Gasteiger partial charge in [0.05, 0.1) is 43.6 Å². The lowest BCUT2D eigenvalue weighted by atomic mass is 9.73. The van der Waals surface area contributed by atoms with E-state index in [1.165, 1.54) is 6.42 Å². The summed E-state index contributed by atoms with van der Waals surface area (Å²) in [6, 6.07) is 15.1. The summed E-state index contributed by atoms with van der Waals surface area (Å²) in [5.74, 6) is 1.00. The van der Waals surface area contributed by atoms with E-state index in [9.17, 15) is 5.11 Å². The van der Waals surface area contributed by atoms with Crippen molar-refractivity contribution >= 4 is 23.2 Å². The van der Waals surface area contributed by atoms with Crippen LogP contribution in [0, 0.1) is 5.92 Å². The number of aromatic nitrogens is 1. The van der Waals surface area contributed by atoms with Crippen LogP contribution in [0.1, 0.15) is 54.9 Å². The Labute approximate surface area is 218 Å². The first-order valence-electron chi connectivity index (χ1n) is 12.3. The third kappa shape index (κ3) is 6.46. The van der Waals surface area contributed by atoms with Crippen LogP contribution in [-0.4, -0.2) is 36.7 Å². The molecule has 0 radical (unpaired) electrons. The van der Waals surface area contributed by atoms with Crippen LogP contribution in [0.3, 0.4) is 0 Å². The Hall–Kier alpha value is -1.89. The molecule has 0 saturated heterocycles. The molecule has 4 rings (SSSR count). The van der Waals surface area contributed by atoms with Crippen LogP contribution in [0.4, 0.5) is 0 Å². The molecule has 1 aliphatic rings. The number of oxazole rings is 1. The molecule has 0 amide bonds. The molecule has 0 unspecified atom stereocenters. The first-order chi connectivity index (χ1) is 16.8. The monoisotopic (exact) mass is 516 g/mol. The summed E-state index contributed by atoms with van der Waals surface area (Å²) in [5, 5.41) is 15.5. The van der Waals surface area contributed by atoms with Gasteiger partial charge in [0.2, 0.25) is 0 Å². The zero-order valence-electron chi connectivity index (χ0n) is 20.5. The van der Waals surface area contributed by atoms with Crippen LogP contribution in [0.5, 0.6) is 0 Å². The number of hydrogen-bond acceptors (Lipinski definition) is 4. The van der Waals surface area contributed by atoms with Gasteiger partial charge in [0, 0.05) is 0 Å². The lowest BCUT2D eigenvalue weighted by molar-refractivity contribution is -0.905. The largest absolute Gasteiger partial charge is 0.839 e. The van der Waals surface area contributed by atoms with Gasteiger partial charge in [0.25, 0.3) is 0 Å². The minimum Gasteiger partial charge on any atom is -0.839 e. The molecular formula is C28H34Cl2N2O3. The van der Waals surface area contributed by atoms with Crippen LogP contribution in [0.25, 0.3) is 0 Å². The molecule has 1 heterocycles. The summed E-state index contributed by atoms with van der Waals surface area (Å²) in [5.41, 5.74) is 0.268. The number of ether oxygens (including phenoxy) is 1. The first-order valence-corrected chi connectivity index (χ1v) is 13.1. The van der Waals surface area contributed by atoms with Crippen molar-refractivity contribution in [3.63, 3.8) is 0 Å². The summed E-state index contributed by atoms with van der Waals surface area (Å²) in [6.07, 6.45) is 6.91. The molecule has 7 heteroatoms. The minimum atomic E-state index is -1.46. The second-order valence-corrected chi connectivity index (χ2v) is 11.0. The smallest absolute Gasteiger partial charge is 0.188 e. The van der Waals surface area contributed by atoms with Gasteiger partial charge in [-0.3, -0.25) is 0 Å². The first kappa shape index (κ1) is 26.2. The van der Waals surface area contributed by atoms with Crippen molar-refractivity contribution in [1.82, 2.24) is 4.98 Å². The summed E-state index contributed by atoms with van der Waals surface area (Å²) < 4.78 is 12.7. The highest BCUT2D eigenvalue weighted by atomic mass is 35.5. The highest BCUT2D eigenvalue weighted by molar-refractivity contribution is 6.42. The quantitative estimate of drug-likeness (QED) is 0.246. The number of nitrogens with zero attached hydrogens (tertiary/aromatic N) is 2. The topological polar surface area (TPSA) is 58.3 Å². The molecule has 1 atom stereocenters. The van der Waals surface area contributed by atoms with E-state index in [1.54, 1.807) is 12.3 Å². The predicted octanol–water partition coefficient (Wildman–Crippen LogP) is 5.96. The van der Waals surface area contributed by atoms with Gasteiger partial charge in [0.15, 0.2) is 11.7 Å². The molecule has 2 aromatic carbocycles. The van der Waals surface area contributed by atoms with E-state index < -0.39 is 5.60 Å². The molecule has 1 aliphatic carbocycles. The van der Waals surface area contributed by atoms with Crippen LogP contribution >= 0.6 is 23.2 Å². The fourth-order valence-corrected chi connectivity index (χ4v) is 5.23. The second kappa shape index (κ2) is 11.4. The van der Waals surface area contributed by atoms with E-state index in [0.29, 0.717) is 40.2 Å². The van der Waals surface area contributed by atoms with E-state index in [-0.39, 0.29) is 5.92 Å². The van der Waals surface area contributed by atoms with Crippen LogP contribution in [-0.2, 0) is 23.5 Å². The van der Waals surface area contributed by atoms with Gasteiger partial charge in [-0.1, -0.05) is 91.7 Å². The molecule has 3 aromatic rings. The molecule has 0 spiro atoms. The standard InChI is InChI=1S/C28H34Cl2N2O3/c1-32(2,15-16-34-20-21-13-14-25(29)26(30)17-21)19-24-18-31-27(35-24)28(33,22-9-5-3-6-10-22)23-11-7-4-8-12-23/h3,5-6,9-10,13-14,17-18,23H,4,7-8,11-12,15-16,19-20H2,1-2H3/t28-/m0/s1. The number of hydrogen-bond donors (Lipinski definition) is 0. The molecule has 0 N–H and O–H groups in total. The summed E-state index contributed by atoms with van der Waals surface area (Å²) in [4.78, 5) is 4.53. The second-order valence-electron chi connectivity index (χ2n) is 10.2. The third-order valence-electron chi connectivity index (χ3n) is 6.93. The Kier molecular flexibility index (Phi) is 8.56. The van der Waals surface area contributed by atoms with Crippen LogP contribution < -0.4 is 5.11 Å².